The minimum absolute atomic E-state index is 0.0637. The SMILES string of the molecule is CC(C)(C)[Si](C)(C)OC[C@H]1[CH][CH][C@H]2N=C(N3CCC3)S[C@H]2O1. The van der Waals surface area contributed by atoms with Crippen molar-refractivity contribution in [2.45, 2.75) is 62.9 Å². The molecule has 3 aliphatic heterocycles. The van der Waals surface area contributed by atoms with E-state index in [1.807, 2.05) is 0 Å². The first-order valence-corrected chi connectivity index (χ1v) is 12.0. The summed E-state index contributed by atoms with van der Waals surface area (Å²) < 4.78 is 12.5. The first kappa shape index (κ1) is 16.8. The molecule has 0 bridgehead atoms. The standard InChI is InChI=1S/C16H28N2O2SSi/c1-16(2,3)22(4,5)19-11-12-7-8-13-14(20-12)21-15(17-13)18-9-6-10-18/h7-8,12-14H,6,9-11H2,1-5H3/t12-,13-,14-/m1/s1. The summed E-state index contributed by atoms with van der Waals surface area (Å²) in [4.78, 5) is 7.12. The van der Waals surface area contributed by atoms with Crippen molar-refractivity contribution in [2.75, 3.05) is 19.7 Å². The van der Waals surface area contributed by atoms with Crippen LogP contribution in [0.5, 0.6) is 0 Å². The highest BCUT2D eigenvalue weighted by Crippen LogP contribution is 2.39. The molecule has 2 fully saturated rings. The van der Waals surface area contributed by atoms with Gasteiger partial charge in [-0.1, -0.05) is 32.5 Å². The molecule has 6 heteroatoms. The number of nitrogens with zero attached hydrogens (tertiary/aromatic N) is 2. The summed E-state index contributed by atoms with van der Waals surface area (Å²) in [6, 6.07) is 0.185. The molecule has 4 nitrogen and oxygen atoms in total. The second kappa shape index (κ2) is 6.11. The van der Waals surface area contributed by atoms with Crippen molar-refractivity contribution < 1.29 is 9.16 Å². The van der Waals surface area contributed by atoms with Crippen molar-refractivity contribution in [3.8, 4) is 0 Å². The van der Waals surface area contributed by atoms with Gasteiger partial charge in [0.1, 0.15) is 5.44 Å². The topological polar surface area (TPSA) is 34.1 Å². The first-order valence-electron chi connectivity index (χ1n) is 8.23. The Kier molecular flexibility index (Phi) is 4.67. The smallest absolute Gasteiger partial charge is 0.192 e. The van der Waals surface area contributed by atoms with Crippen LogP contribution in [0, 0.1) is 12.8 Å². The molecule has 0 spiro atoms. The van der Waals surface area contributed by atoms with Crippen LogP contribution < -0.4 is 0 Å². The Bertz CT molecular complexity index is 446. The predicted octanol–water partition coefficient (Wildman–Crippen LogP) is 3.32. The van der Waals surface area contributed by atoms with Crippen LogP contribution in [0.3, 0.4) is 0 Å². The number of ether oxygens (including phenoxy) is 1. The largest absolute Gasteiger partial charge is 0.414 e. The van der Waals surface area contributed by atoms with E-state index in [-0.39, 0.29) is 22.6 Å². The van der Waals surface area contributed by atoms with Crippen LogP contribution in [0.2, 0.25) is 18.1 Å². The van der Waals surface area contributed by atoms with E-state index in [1.54, 1.807) is 11.8 Å². The molecule has 3 aliphatic rings. The van der Waals surface area contributed by atoms with Gasteiger partial charge >= 0.3 is 0 Å². The third kappa shape index (κ3) is 3.40. The number of hydrogen-bond donors (Lipinski definition) is 0. The Morgan fingerprint density at radius 2 is 2.09 bits per heavy atom. The summed E-state index contributed by atoms with van der Waals surface area (Å²) >= 11 is 1.78. The molecule has 3 heterocycles. The molecule has 2 radical (unpaired) electrons. The Morgan fingerprint density at radius 1 is 1.36 bits per heavy atom. The van der Waals surface area contributed by atoms with Gasteiger partial charge in [-0.3, -0.25) is 4.99 Å². The van der Waals surface area contributed by atoms with Gasteiger partial charge in [-0.15, -0.1) is 0 Å². The molecule has 0 N–H and O–H groups in total. The summed E-state index contributed by atoms with van der Waals surface area (Å²) in [5, 5.41) is 1.40. The summed E-state index contributed by atoms with van der Waals surface area (Å²) in [7, 11) is -1.71. The highest BCUT2D eigenvalue weighted by atomic mass is 32.2. The Hall–Kier alpha value is -0.0431. The lowest BCUT2D eigenvalue weighted by Gasteiger charge is -2.38. The van der Waals surface area contributed by atoms with Crippen molar-refractivity contribution in [1.29, 1.82) is 0 Å². The summed E-state index contributed by atoms with van der Waals surface area (Å²) in [6.45, 7) is 14.3. The maximum absolute atomic E-state index is 6.29. The third-order valence-electron chi connectivity index (χ3n) is 5.13. The maximum atomic E-state index is 6.29. The molecule has 0 aromatic carbocycles. The second-order valence-electron chi connectivity index (χ2n) is 7.86. The Balaban J connectivity index is 1.49. The Labute approximate surface area is 140 Å². The molecule has 0 aliphatic carbocycles. The van der Waals surface area contributed by atoms with Crippen molar-refractivity contribution in [2.24, 2.45) is 4.99 Å². The van der Waals surface area contributed by atoms with Gasteiger partial charge in [0.05, 0.1) is 18.8 Å². The molecule has 22 heavy (non-hydrogen) atoms. The lowest BCUT2D eigenvalue weighted by molar-refractivity contribution is 0.00422. The van der Waals surface area contributed by atoms with Crippen LogP contribution in [0.25, 0.3) is 0 Å². The lowest BCUT2D eigenvalue weighted by atomic mass is 10.1. The molecule has 0 saturated carbocycles. The van der Waals surface area contributed by atoms with E-state index in [0.29, 0.717) is 6.61 Å². The number of thioether (sulfide) groups is 1. The van der Waals surface area contributed by atoms with Crippen molar-refractivity contribution in [3.63, 3.8) is 0 Å². The van der Waals surface area contributed by atoms with Crippen molar-refractivity contribution >= 4 is 25.2 Å². The molecule has 124 valence electrons. The average molecular weight is 341 g/mol. The molecule has 0 aromatic heterocycles. The van der Waals surface area contributed by atoms with Gasteiger partial charge in [-0.05, 0) is 37.4 Å². The zero-order valence-electron chi connectivity index (χ0n) is 14.3. The number of hydrogen-bond acceptors (Lipinski definition) is 5. The fourth-order valence-corrected chi connectivity index (χ4v) is 4.58. The number of fused-ring (bicyclic) bond motifs is 1. The monoisotopic (exact) mass is 340 g/mol. The Morgan fingerprint density at radius 3 is 2.68 bits per heavy atom. The molecular weight excluding hydrogens is 312 g/mol. The van der Waals surface area contributed by atoms with Gasteiger partial charge in [0.2, 0.25) is 0 Å². The summed E-state index contributed by atoms with van der Waals surface area (Å²) in [5.74, 6) is 0. The summed E-state index contributed by atoms with van der Waals surface area (Å²) in [5.41, 5.74) is 0.133. The number of amidine groups is 1. The van der Waals surface area contributed by atoms with Crippen LogP contribution in [0.15, 0.2) is 4.99 Å². The molecule has 0 unspecified atom stereocenters. The lowest BCUT2D eigenvalue weighted by Crippen LogP contribution is -2.45. The molecule has 3 rings (SSSR count). The molecular formula is C16H28N2O2SSi. The van der Waals surface area contributed by atoms with Crippen LogP contribution in [0.4, 0.5) is 0 Å². The van der Waals surface area contributed by atoms with Gasteiger partial charge in [-0.2, -0.15) is 0 Å². The first-order chi connectivity index (χ1) is 10.3. The minimum atomic E-state index is -1.71. The van der Waals surface area contributed by atoms with E-state index >= 15 is 0 Å². The van der Waals surface area contributed by atoms with E-state index in [2.05, 4.69) is 51.6 Å². The molecule has 2 saturated heterocycles. The van der Waals surface area contributed by atoms with E-state index in [9.17, 15) is 0 Å². The van der Waals surface area contributed by atoms with E-state index in [1.165, 1.54) is 6.42 Å². The average Bonchev–Trinajstić information content (AvgIpc) is 2.75. The van der Waals surface area contributed by atoms with Crippen LogP contribution in [-0.2, 0) is 9.16 Å². The highest BCUT2D eigenvalue weighted by Gasteiger charge is 2.42. The minimum Gasteiger partial charge on any atom is -0.414 e. The zero-order chi connectivity index (χ0) is 16.0. The number of likely N-dealkylation sites (tertiary alicyclic amines) is 1. The van der Waals surface area contributed by atoms with Gasteiger partial charge in [-0.25, -0.2) is 0 Å². The van der Waals surface area contributed by atoms with E-state index in [0.717, 1.165) is 18.3 Å². The second-order valence-corrected chi connectivity index (χ2v) is 13.7. The molecule has 0 amide bonds. The van der Waals surface area contributed by atoms with Crippen LogP contribution >= 0.6 is 11.8 Å². The highest BCUT2D eigenvalue weighted by molar-refractivity contribution is 8.14. The molecule has 0 aromatic rings. The van der Waals surface area contributed by atoms with Crippen molar-refractivity contribution in [3.05, 3.63) is 12.8 Å². The van der Waals surface area contributed by atoms with E-state index in [4.69, 9.17) is 14.2 Å². The predicted molar refractivity (Wildman–Crippen MR) is 95.4 cm³/mol. The van der Waals surface area contributed by atoms with Crippen molar-refractivity contribution in [1.82, 2.24) is 4.90 Å². The van der Waals surface area contributed by atoms with E-state index < -0.39 is 8.32 Å². The number of rotatable bonds is 3. The third-order valence-corrected chi connectivity index (χ3v) is 10.8. The van der Waals surface area contributed by atoms with Crippen LogP contribution in [0.1, 0.15) is 27.2 Å². The van der Waals surface area contributed by atoms with Gasteiger partial charge in [0.15, 0.2) is 13.5 Å². The maximum Gasteiger partial charge on any atom is 0.192 e. The van der Waals surface area contributed by atoms with Gasteiger partial charge in [0, 0.05) is 13.1 Å². The molecule has 3 atom stereocenters. The zero-order valence-corrected chi connectivity index (χ0v) is 16.2. The van der Waals surface area contributed by atoms with Gasteiger partial charge in [0.25, 0.3) is 0 Å². The van der Waals surface area contributed by atoms with Crippen LogP contribution in [-0.4, -0.2) is 55.7 Å². The quantitative estimate of drug-likeness (QED) is 0.738. The fourth-order valence-electron chi connectivity index (χ4n) is 2.36. The number of aliphatic imine (C=N–C) groups is 1. The normalized spacial score (nSPS) is 32.5. The van der Waals surface area contributed by atoms with Gasteiger partial charge < -0.3 is 14.1 Å². The fraction of sp³-hybridized carbons (Fsp3) is 0.812. The summed E-state index contributed by atoms with van der Waals surface area (Å²) in [6.07, 6.45) is 5.69.